The monoisotopic (exact) mass is 314 g/mol. The predicted molar refractivity (Wildman–Crippen MR) is 88.8 cm³/mol. The van der Waals surface area contributed by atoms with Crippen LogP contribution < -0.4 is 0 Å². The Kier molecular flexibility index (Phi) is 5.10. The molecule has 1 rings (SSSR count). The van der Waals surface area contributed by atoms with Crippen LogP contribution in [-0.4, -0.2) is 33.1 Å². The second-order valence-corrected chi connectivity index (χ2v) is 22.4. The van der Waals surface area contributed by atoms with Crippen LogP contribution in [0, 0.1) is 5.92 Å². The topological polar surface area (TPSA) is 35.5 Å². The van der Waals surface area contributed by atoms with Crippen LogP contribution in [0.5, 0.6) is 0 Å². The van der Waals surface area contributed by atoms with Crippen LogP contribution in [-0.2, 0) is 14.0 Å². The lowest BCUT2D eigenvalue weighted by atomic mass is 9.85. The van der Waals surface area contributed by atoms with Gasteiger partial charge in [-0.15, -0.1) is 0 Å². The summed E-state index contributed by atoms with van der Waals surface area (Å²) in [5, 5.41) is 0. The van der Waals surface area contributed by atoms with Gasteiger partial charge in [0.2, 0.25) is 0 Å². The Morgan fingerprint density at radius 2 is 2.05 bits per heavy atom. The minimum atomic E-state index is -1.71. The summed E-state index contributed by atoms with van der Waals surface area (Å²) in [6.07, 6.45) is 1.81. The number of hydrogen-bond acceptors (Lipinski definition) is 3. The lowest BCUT2D eigenvalue weighted by molar-refractivity contribution is -0.161. The predicted octanol–water partition coefficient (Wildman–Crippen LogP) is 3.91. The van der Waals surface area contributed by atoms with Crippen LogP contribution in [0.4, 0.5) is 0 Å². The van der Waals surface area contributed by atoms with E-state index >= 15 is 0 Å². The summed E-state index contributed by atoms with van der Waals surface area (Å²) >= 11 is 0. The van der Waals surface area contributed by atoms with Crippen molar-refractivity contribution in [3.8, 4) is 0 Å². The number of carbonyl (C=O) groups excluding carboxylic acids is 1. The highest BCUT2D eigenvalue weighted by molar-refractivity contribution is 7.38. The SMILES string of the molecule is C=CC(=O)OC(CC)C1(C)O[Si](C)(C)[Si](C)(C)CC1C. The zero-order chi connectivity index (χ0) is 15.8. The number of carbonyl (C=O) groups is 1. The summed E-state index contributed by atoms with van der Waals surface area (Å²) in [6, 6.07) is 1.24. The van der Waals surface area contributed by atoms with Gasteiger partial charge < -0.3 is 9.16 Å². The third-order valence-electron chi connectivity index (χ3n) is 5.34. The Balaban J connectivity index is 3.06. The van der Waals surface area contributed by atoms with Crippen LogP contribution in [0.15, 0.2) is 12.7 Å². The maximum atomic E-state index is 11.6. The molecular weight excluding hydrogens is 284 g/mol. The first-order valence-electron chi connectivity index (χ1n) is 7.53. The van der Waals surface area contributed by atoms with Gasteiger partial charge in [0.1, 0.15) is 6.10 Å². The van der Waals surface area contributed by atoms with Gasteiger partial charge in [-0.25, -0.2) is 4.79 Å². The number of esters is 1. The lowest BCUT2D eigenvalue weighted by Gasteiger charge is -2.56. The van der Waals surface area contributed by atoms with Gasteiger partial charge in [-0.05, 0) is 32.4 Å². The summed E-state index contributed by atoms with van der Waals surface area (Å²) in [4.78, 5) is 11.6. The molecule has 1 aliphatic rings. The fraction of sp³-hybridized carbons (Fsp3) is 0.800. The molecule has 1 aliphatic heterocycles. The molecule has 0 amide bonds. The second kappa shape index (κ2) is 5.77. The molecule has 3 unspecified atom stereocenters. The molecule has 5 heteroatoms. The Morgan fingerprint density at radius 1 is 1.50 bits per heavy atom. The van der Waals surface area contributed by atoms with Crippen LogP contribution in [0.3, 0.4) is 0 Å². The third-order valence-corrected chi connectivity index (χ3v) is 21.9. The molecule has 116 valence electrons. The standard InChI is InChI=1S/C15H30O3Si2/c1-9-13(17-14(16)10-2)15(4)12(3)11-19(5,6)20(7,8)18-15/h10,12-13H,2,9,11H2,1,3-8H3. The van der Waals surface area contributed by atoms with Gasteiger partial charge in [0.25, 0.3) is 0 Å². The molecule has 0 aromatic heterocycles. The average molecular weight is 315 g/mol. The molecule has 0 saturated carbocycles. The van der Waals surface area contributed by atoms with E-state index < -0.39 is 15.4 Å². The van der Waals surface area contributed by atoms with E-state index in [-0.39, 0.29) is 17.7 Å². The van der Waals surface area contributed by atoms with Crippen LogP contribution in [0.2, 0.25) is 32.2 Å². The highest BCUT2D eigenvalue weighted by atomic mass is 29.3. The van der Waals surface area contributed by atoms with Crippen molar-refractivity contribution in [3.05, 3.63) is 12.7 Å². The largest absolute Gasteiger partial charge is 0.456 e. The van der Waals surface area contributed by atoms with E-state index in [2.05, 4.69) is 46.6 Å². The number of rotatable bonds is 4. The van der Waals surface area contributed by atoms with Gasteiger partial charge in [-0.2, -0.15) is 0 Å². The van der Waals surface area contributed by atoms with E-state index in [1.807, 2.05) is 6.92 Å². The van der Waals surface area contributed by atoms with Gasteiger partial charge in [0, 0.05) is 6.08 Å². The van der Waals surface area contributed by atoms with Gasteiger partial charge in [-0.3, -0.25) is 0 Å². The van der Waals surface area contributed by atoms with E-state index in [1.54, 1.807) is 0 Å². The molecular formula is C15H30O3Si2. The second-order valence-electron chi connectivity index (χ2n) is 7.32. The lowest BCUT2D eigenvalue weighted by Crippen LogP contribution is -2.70. The van der Waals surface area contributed by atoms with Crippen molar-refractivity contribution >= 4 is 21.4 Å². The van der Waals surface area contributed by atoms with E-state index in [0.29, 0.717) is 5.92 Å². The average Bonchev–Trinajstić information content (AvgIpc) is 2.32. The van der Waals surface area contributed by atoms with Crippen molar-refractivity contribution in [1.82, 2.24) is 0 Å². The molecule has 3 nitrogen and oxygen atoms in total. The van der Waals surface area contributed by atoms with Crippen molar-refractivity contribution in [1.29, 1.82) is 0 Å². The summed E-state index contributed by atoms with van der Waals surface area (Å²) in [7, 11) is -3.03. The maximum absolute atomic E-state index is 11.6. The summed E-state index contributed by atoms with van der Waals surface area (Å²) in [5.41, 5.74) is -0.369. The van der Waals surface area contributed by atoms with Crippen molar-refractivity contribution in [2.45, 2.75) is 71.1 Å². The van der Waals surface area contributed by atoms with Gasteiger partial charge in [-0.1, -0.05) is 39.6 Å². The van der Waals surface area contributed by atoms with Crippen molar-refractivity contribution in [2.24, 2.45) is 5.92 Å². The summed E-state index contributed by atoms with van der Waals surface area (Å²) < 4.78 is 12.3. The highest BCUT2D eigenvalue weighted by Crippen LogP contribution is 2.45. The molecule has 1 heterocycles. The quantitative estimate of drug-likeness (QED) is 0.448. The van der Waals surface area contributed by atoms with Gasteiger partial charge in [0.15, 0.2) is 7.83 Å². The molecule has 0 N–H and O–H groups in total. The van der Waals surface area contributed by atoms with Crippen LogP contribution in [0.1, 0.15) is 27.2 Å². The van der Waals surface area contributed by atoms with Crippen molar-refractivity contribution in [2.75, 3.05) is 0 Å². The van der Waals surface area contributed by atoms with Gasteiger partial charge in [0.05, 0.1) is 13.2 Å². The molecule has 0 spiro atoms. The Labute approximate surface area is 125 Å². The zero-order valence-electron chi connectivity index (χ0n) is 14.1. The molecule has 3 atom stereocenters. The third kappa shape index (κ3) is 3.09. The molecule has 0 aliphatic carbocycles. The molecule has 0 aromatic rings. The number of ether oxygens (including phenoxy) is 1. The first-order chi connectivity index (χ1) is 9.00. The fourth-order valence-electron chi connectivity index (χ4n) is 3.18. The Bertz CT molecular complexity index is 393. The summed E-state index contributed by atoms with van der Waals surface area (Å²) in [6.45, 7) is 19.4. The minimum Gasteiger partial charge on any atom is -0.456 e. The normalized spacial score (nSPS) is 33.2. The fourth-order valence-corrected chi connectivity index (χ4v) is 11.2. The first kappa shape index (κ1) is 17.7. The van der Waals surface area contributed by atoms with E-state index in [9.17, 15) is 4.79 Å². The molecule has 1 saturated heterocycles. The van der Waals surface area contributed by atoms with Gasteiger partial charge >= 0.3 is 5.97 Å². The first-order valence-corrected chi connectivity index (χ1v) is 14.6. The molecule has 0 bridgehead atoms. The molecule has 0 aromatic carbocycles. The number of hydrogen-bond donors (Lipinski definition) is 0. The Hall–Kier alpha value is -0.396. The van der Waals surface area contributed by atoms with Crippen LogP contribution >= 0.6 is 0 Å². The van der Waals surface area contributed by atoms with E-state index in [4.69, 9.17) is 9.16 Å². The highest BCUT2D eigenvalue weighted by Gasteiger charge is 2.57. The molecule has 1 fully saturated rings. The van der Waals surface area contributed by atoms with Crippen molar-refractivity contribution < 1.29 is 14.0 Å². The summed E-state index contributed by atoms with van der Waals surface area (Å²) in [5.74, 6) is 0.0580. The molecule has 0 radical (unpaired) electrons. The molecule has 20 heavy (non-hydrogen) atoms. The Morgan fingerprint density at radius 3 is 2.50 bits per heavy atom. The smallest absolute Gasteiger partial charge is 0.330 e. The van der Waals surface area contributed by atoms with Crippen LogP contribution in [0.25, 0.3) is 0 Å². The minimum absolute atomic E-state index is 0.195. The maximum Gasteiger partial charge on any atom is 0.330 e. The zero-order valence-corrected chi connectivity index (χ0v) is 16.1. The van der Waals surface area contributed by atoms with E-state index in [1.165, 1.54) is 12.1 Å². The van der Waals surface area contributed by atoms with E-state index in [0.717, 1.165) is 6.42 Å². The van der Waals surface area contributed by atoms with Crippen molar-refractivity contribution in [3.63, 3.8) is 0 Å².